The van der Waals surface area contributed by atoms with Crippen LogP contribution in [0.15, 0.2) is 24.3 Å². The van der Waals surface area contributed by atoms with E-state index < -0.39 is 5.54 Å². The second kappa shape index (κ2) is 4.42. The fourth-order valence-corrected chi connectivity index (χ4v) is 1.98. The second-order valence-corrected chi connectivity index (χ2v) is 4.85. The number of rotatable bonds is 2. The predicted octanol–water partition coefficient (Wildman–Crippen LogP) is 0.420. The van der Waals surface area contributed by atoms with Gasteiger partial charge in [-0.3, -0.25) is 14.9 Å². The Kier molecular flexibility index (Phi) is 3.09. The van der Waals surface area contributed by atoms with Gasteiger partial charge in [-0.1, -0.05) is 12.1 Å². The molecule has 1 aromatic carbocycles. The maximum absolute atomic E-state index is 11.8. The Bertz CT molecular complexity index is 480. The van der Waals surface area contributed by atoms with Gasteiger partial charge in [0.2, 0.25) is 5.91 Å². The monoisotopic (exact) mass is 248 g/mol. The van der Waals surface area contributed by atoms with Crippen LogP contribution in [0, 0.1) is 0 Å². The van der Waals surface area contributed by atoms with Crippen LogP contribution in [0.1, 0.15) is 19.4 Å². The molecule has 2 N–H and O–H groups in total. The molecule has 2 rings (SSSR count). The van der Waals surface area contributed by atoms with Crippen molar-refractivity contribution in [1.29, 1.82) is 0 Å². The van der Waals surface area contributed by atoms with Gasteiger partial charge in [0.05, 0.1) is 13.2 Å². The lowest BCUT2D eigenvalue weighted by Crippen LogP contribution is -2.64. The van der Waals surface area contributed by atoms with E-state index in [-0.39, 0.29) is 25.0 Å². The van der Waals surface area contributed by atoms with Crippen LogP contribution < -0.4 is 10.2 Å². The van der Waals surface area contributed by atoms with Gasteiger partial charge in [-0.25, -0.2) is 0 Å². The van der Waals surface area contributed by atoms with Gasteiger partial charge in [0.1, 0.15) is 5.54 Å². The van der Waals surface area contributed by atoms with Crippen LogP contribution in [0.3, 0.4) is 0 Å². The molecule has 1 fully saturated rings. The standard InChI is InChI=1S/C13H16N2O3/c1-13(2)12(18)14-11(17)7-15(13)10-5-3-9(8-16)4-6-10/h3-6,16H,7-8H2,1-2H3,(H,14,17,18). The molecule has 1 saturated heterocycles. The fourth-order valence-electron chi connectivity index (χ4n) is 1.98. The molecular formula is C13H16N2O3. The average Bonchev–Trinajstić information content (AvgIpc) is 2.34. The van der Waals surface area contributed by atoms with Crippen molar-refractivity contribution in [3.8, 4) is 0 Å². The molecule has 5 nitrogen and oxygen atoms in total. The van der Waals surface area contributed by atoms with Gasteiger partial charge in [0.25, 0.3) is 5.91 Å². The third-order valence-corrected chi connectivity index (χ3v) is 3.22. The van der Waals surface area contributed by atoms with Gasteiger partial charge in [-0.15, -0.1) is 0 Å². The van der Waals surface area contributed by atoms with Crippen LogP contribution in [-0.4, -0.2) is 29.0 Å². The van der Waals surface area contributed by atoms with Crippen LogP contribution >= 0.6 is 0 Å². The number of hydrogen-bond acceptors (Lipinski definition) is 4. The highest BCUT2D eigenvalue weighted by Gasteiger charge is 2.40. The van der Waals surface area contributed by atoms with Gasteiger partial charge in [-0.05, 0) is 31.5 Å². The van der Waals surface area contributed by atoms with Crippen molar-refractivity contribution in [2.24, 2.45) is 0 Å². The molecule has 0 aromatic heterocycles. The number of carbonyl (C=O) groups excluding carboxylic acids is 2. The largest absolute Gasteiger partial charge is 0.392 e. The van der Waals surface area contributed by atoms with Gasteiger partial charge < -0.3 is 10.0 Å². The van der Waals surface area contributed by atoms with E-state index in [0.717, 1.165) is 11.3 Å². The minimum absolute atomic E-state index is 0.0247. The van der Waals surface area contributed by atoms with Crippen molar-refractivity contribution in [3.63, 3.8) is 0 Å². The molecule has 1 aliphatic heterocycles. The van der Waals surface area contributed by atoms with Crippen molar-refractivity contribution in [2.45, 2.75) is 26.0 Å². The minimum atomic E-state index is -0.769. The lowest BCUT2D eigenvalue weighted by Gasteiger charge is -2.41. The molecule has 0 bridgehead atoms. The summed E-state index contributed by atoms with van der Waals surface area (Å²) in [7, 11) is 0. The Morgan fingerprint density at radius 1 is 1.28 bits per heavy atom. The number of aliphatic hydroxyl groups excluding tert-OH is 1. The molecule has 0 saturated carbocycles. The third-order valence-electron chi connectivity index (χ3n) is 3.22. The molecule has 0 spiro atoms. The van der Waals surface area contributed by atoms with Crippen LogP contribution in [0.4, 0.5) is 5.69 Å². The molecule has 0 atom stereocenters. The van der Waals surface area contributed by atoms with Crippen LogP contribution in [0.2, 0.25) is 0 Å². The van der Waals surface area contributed by atoms with E-state index in [2.05, 4.69) is 5.32 Å². The maximum Gasteiger partial charge on any atom is 0.251 e. The van der Waals surface area contributed by atoms with Crippen LogP contribution in [0.25, 0.3) is 0 Å². The second-order valence-electron chi connectivity index (χ2n) is 4.85. The summed E-state index contributed by atoms with van der Waals surface area (Å²) in [5.74, 6) is -0.601. The van der Waals surface area contributed by atoms with Gasteiger partial charge in [0.15, 0.2) is 0 Å². The lowest BCUT2D eigenvalue weighted by atomic mass is 9.97. The zero-order valence-corrected chi connectivity index (χ0v) is 10.4. The number of aliphatic hydroxyl groups is 1. The Balaban J connectivity index is 2.34. The normalized spacial score (nSPS) is 18.7. The van der Waals surface area contributed by atoms with E-state index in [4.69, 9.17) is 5.11 Å². The first kappa shape index (κ1) is 12.6. The zero-order chi connectivity index (χ0) is 13.3. The molecule has 96 valence electrons. The number of amides is 2. The summed E-state index contributed by atoms with van der Waals surface area (Å²) in [6.07, 6.45) is 0. The first-order valence-electron chi connectivity index (χ1n) is 5.77. The smallest absolute Gasteiger partial charge is 0.251 e. The van der Waals surface area contributed by atoms with Crippen molar-refractivity contribution in [2.75, 3.05) is 11.4 Å². The molecule has 18 heavy (non-hydrogen) atoms. The topological polar surface area (TPSA) is 69.6 Å². The molecule has 0 unspecified atom stereocenters. The van der Waals surface area contributed by atoms with Crippen molar-refractivity contribution in [3.05, 3.63) is 29.8 Å². The van der Waals surface area contributed by atoms with Gasteiger partial charge >= 0.3 is 0 Å². The van der Waals surface area contributed by atoms with Gasteiger partial charge in [-0.2, -0.15) is 0 Å². The number of anilines is 1. The van der Waals surface area contributed by atoms with E-state index >= 15 is 0 Å². The summed E-state index contributed by atoms with van der Waals surface area (Å²) in [4.78, 5) is 25.0. The number of hydrogen-bond donors (Lipinski definition) is 2. The maximum atomic E-state index is 11.8. The quantitative estimate of drug-likeness (QED) is 0.744. The molecule has 2 amide bonds. The highest BCUT2D eigenvalue weighted by molar-refractivity contribution is 6.06. The number of nitrogens with zero attached hydrogens (tertiary/aromatic N) is 1. The zero-order valence-electron chi connectivity index (χ0n) is 10.4. The summed E-state index contributed by atoms with van der Waals surface area (Å²) in [6.45, 7) is 3.67. The molecule has 0 aliphatic carbocycles. The van der Waals surface area contributed by atoms with Gasteiger partial charge in [0, 0.05) is 5.69 Å². The SMILES string of the molecule is CC1(C)C(=O)NC(=O)CN1c1ccc(CO)cc1. The van der Waals surface area contributed by atoms with Crippen molar-refractivity contribution in [1.82, 2.24) is 5.32 Å². The Morgan fingerprint density at radius 2 is 1.89 bits per heavy atom. The molecule has 1 aromatic rings. The predicted molar refractivity (Wildman–Crippen MR) is 66.9 cm³/mol. The molecule has 5 heteroatoms. The number of imide groups is 1. The van der Waals surface area contributed by atoms with E-state index in [0.29, 0.717) is 0 Å². The number of piperazine rings is 1. The number of carbonyl (C=O) groups is 2. The Hall–Kier alpha value is -1.88. The fraction of sp³-hybridized carbons (Fsp3) is 0.385. The third kappa shape index (κ3) is 2.09. The summed E-state index contributed by atoms with van der Waals surface area (Å²) < 4.78 is 0. The minimum Gasteiger partial charge on any atom is -0.392 e. The average molecular weight is 248 g/mol. The first-order valence-corrected chi connectivity index (χ1v) is 5.77. The number of benzene rings is 1. The summed E-state index contributed by atoms with van der Waals surface area (Å²) >= 11 is 0. The van der Waals surface area contributed by atoms with E-state index in [1.807, 2.05) is 0 Å². The molecular weight excluding hydrogens is 232 g/mol. The highest BCUT2D eigenvalue weighted by atomic mass is 16.3. The summed E-state index contributed by atoms with van der Waals surface area (Å²) in [5, 5.41) is 11.3. The summed E-state index contributed by atoms with van der Waals surface area (Å²) in [6, 6.07) is 7.17. The Morgan fingerprint density at radius 3 is 2.44 bits per heavy atom. The van der Waals surface area contributed by atoms with E-state index in [9.17, 15) is 9.59 Å². The molecule has 0 radical (unpaired) electrons. The van der Waals surface area contributed by atoms with E-state index in [1.54, 1.807) is 43.0 Å². The van der Waals surface area contributed by atoms with Crippen LogP contribution in [-0.2, 0) is 16.2 Å². The number of nitrogens with one attached hydrogen (secondary N) is 1. The lowest BCUT2D eigenvalue weighted by molar-refractivity contribution is -0.135. The summed E-state index contributed by atoms with van der Waals surface area (Å²) in [5.41, 5.74) is 0.819. The Labute approximate surface area is 105 Å². The van der Waals surface area contributed by atoms with Crippen molar-refractivity contribution >= 4 is 17.5 Å². The first-order chi connectivity index (χ1) is 8.45. The molecule has 1 heterocycles. The van der Waals surface area contributed by atoms with Crippen molar-refractivity contribution < 1.29 is 14.7 Å². The highest BCUT2D eigenvalue weighted by Crippen LogP contribution is 2.26. The molecule has 1 aliphatic rings. The van der Waals surface area contributed by atoms with E-state index in [1.165, 1.54) is 0 Å². The van der Waals surface area contributed by atoms with Crippen LogP contribution in [0.5, 0.6) is 0 Å².